The quantitative estimate of drug-likeness (QED) is 0.443. The Morgan fingerprint density at radius 1 is 1.19 bits per heavy atom. The molecule has 0 spiro atoms. The van der Waals surface area contributed by atoms with Crippen LogP contribution < -0.4 is 0 Å². The van der Waals surface area contributed by atoms with Crippen LogP contribution in [0, 0.1) is 0 Å². The Labute approximate surface area is 94.7 Å². The van der Waals surface area contributed by atoms with Gasteiger partial charge in [-0.2, -0.15) is 0 Å². The standard InChI is InChI=1S/C13H14O3/c1-3-5-12(14)10-6-8-11(9-7-10)13(15)16-4-2/h3,5-9H,4H2,1-2H3/b5-3+. The van der Waals surface area contributed by atoms with Crippen molar-refractivity contribution >= 4 is 11.8 Å². The van der Waals surface area contributed by atoms with E-state index in [9.17, 15) is 9.59 Å². The summed E-state index contributed by atoms with van der Waals surface area (Å²) in [5.74, 6) is -0.439. The topological polar surface area (TPSA) is 43.4 Å². The van der Waals surface area contributed by atoms with Gasteiger partial charge in [-0.05, 0) is 32.1 Å². The first-order chi connectivity index (χ1) is 7.69. The molecule has 0 aliphatic heterocycles. The van der Waals surface area contributed by atoms with Gasteiger partial charge in [0.15, 0.2) is 5.78 Å². The molecule has 16 heavy (non-hydrogen) atoms. The summed E-state index contributed by atoms with van der Waals surface area (Å²) in [7, 11) is 0. The summed E-state index contributed by atoms with van der Waals surface area (Å²) in [6.07, 6.45) is 3.17. The number of ether oxygens (including phenoxy) is 1. The molecule has 0 bridgehead atoms. The number of carbonyl (C=O) groups excluding carboxylic acids is 2. The third kappa shape index (κ3) is 3.05. The lowest BCUT2D eigenvalue weighted by atomic mass is 10.1. The van der Waals surface area contributed by atoms with E-state index >= 15 is 0 Å². The molecule has 3 nitrogen and oxygen atoms in total. The second-order valence-electron chi connectivity index (χ2n) is 3.16. The highest BCUT2D eigenvalue weighted by molar-refractivity contribution is 6.05. The molecule has 0 unspecified atom stereocenters. The molecule has 0 fully saturated rings. The van der Waals surface area contributed by atoms with Crippen LogP contribution in [0.5, 0.6) is 0 Å². The molecule has 0 saturated heterocycles. The van der Waals surface area contributed by atoms with E-state index in [-0.39, 0.29) is 11.8 Å². The maximum absolute atomic E-state index is 11.4. The van der Waals surface area contributed by atoms with Crippen molar-refractivity contribution in [1.29, 1.82) is 0 Å². The zero-order chi connectivity index (χ0) is 12.0. The molecule has 1 aromatic rings. The fourth-order valence-electron chi connectivity index (χ4n) is 1.23. The van der Waals surface area contributed by atoms with Gasteiger partial charge in [0.2, 0.25) is 0 Å². The predicted molar refractivity (Wildman–Crippen MR) is 61.5 cm³/mol. The minimum Gasteiger partial charge on any atom is -0.462 e. The fraction of sp³-hybridized carbons (Fsp3) is 0.231. The van der Waals surface area contributed by atoms with Crippen LogP contribution in [0.15, 0.2) is 36.4 Å². The van der Waals surface area contributed by atoms with E-state index in [0.29, 0.717) is 17.7 Å². The maximum atomic E-state index is 11.4. The van der Waals surface area contributed by atoms with Crippen molar-refractivity contribution in [1.82, 2.24) is 0 Å². The SMILES string of the molecule is C/C=C/C(=O)c1ccc(C(=O)OCC)cc1. The van der Waals surface area contributed by atoms with Gasteiger partial charge in [0.25, 0.3) is 0 Å². The minimum atomic E-state index is -0.368. The van der Waals surface area contributed by atoms with Crippen molar-refractivity contribution in [3.8, 4) is 0 Å². The Morgan fingerprint density at radius 2 is 1.75 bits per heavy atom. The van der Waals surface area contributed by atoms with Gasteiger partial charge in [0.05, 0.1) is 12.2 Å². The van der Waals surface area contributed by atoms with Crippen LogP contribution >= 0.6 is 0 Å². The van der Waals surface area contributed by atoms with Gasteiger partial charge in [0, 0.05) is 5.56 Å². The number of ketones is 1. The normalized spacial score (nSPS) is 10.4. The van der Waals surface area contributed by atoms with Crippen molar-refractivity contribution in [2.24, 2.45) is 0 Å². The second-order valence-corrected chi connectivity index (χ2v) is 3.16. The van der Waals surface area contributed by atoms with Crippen LogP contribution in [0.2, 0.25) is 0 Å². The smallest absolute Gasteiger partial charge is 0.338 e. The van der Waals surface area contributed by atoms with Crippen molar-refractivity contribution in [3.63, 3.8) is 0 Å². The van der Waals surface area contributed by atoms with E-state index in [0.717, 1.165) is 0 Å². The predicted octanol–water partition coefficient (Wildman–Crippen LogP) is 2.62. The third-order valence-electron chi connectivity index (χ3n) is 2.00. The lowest BCUT2D eigenvalue weighted by molar-refractivity contribution is 0.0526. The molecule has 0 amide bonds. The molecule has 0 heterocycles. The molecule has 0 aromatic heterocycles. The van der Waals surface area contributed by atoms with E-state index in [2.05, 4.69) is 0 Å². The van der Waals surface area contributed by atoms with Crippen LogP contribution in [0.1, 0.15) is 34.6 Å². The Kier molecular flexibility index (Phi) is 4.45. The summed E-state index contributed by atoms with van der Waals surface area (Å²) in [6.45, 7) is 3.88. The van der Waals surface area contributed by atoms with Gasteiger partial charge in [-0.1, -0.05) is 18.2 Å². The van der Waals surface area contributed by atoms with E-state index in [1.807, 2.05) is 0 Å². The fourth-order valence-corrected chi connectivity index (χ4v) is 1.23. The van der Waals surface area contributed by atoms with Crippen LogP contribution in [0.4, 0.5) is 0 Å². The summed E-state index contributed by atoms with van der Waals surface area (Å²) in [5, 5.41) is 0. The third-order valence-corrected chi connectivity index (χ3v) is 2.00. The van der Waals surface area contributed by atoms with Crippen molar-refractivity contribution in [2.45, 2.75) is 13.8 Å². The summed E-state index contributed by atoms with van der Waals surface area (Å²) in [5.41, 5.74) is 1.02. The van der Waals surface area contributed by atoms with Crippen molar-refractivity contribution < 1.29 is 14.3 Å². The Morgan fingerprint density at radius 3 is 2.25 bits per heavy atom. The molecular formula is C13H14O3. The summed E-state index contributed by atoms with van der Waals surface area (Å²) in [6, 6.07) is 6.42. The second kappa shape index (κ2) is 5.85. The minimum absolute atomic E-state index is 0.0714. The monoisotopic (exact) mass is 218 g/mol. The Hall–Kier alpha value is -1.90. The lowest BCUT2D eigenvalue weighted by Gasteiger charge is -2.02. The van der Waals surface area contributed by atoms with Gasteiger partial charge in [0.1, 0.15) is 0 Å². The van der Waals surface area contributed by atoms with E-state index in [1.165, 1.54) is 6.08 Å². The Bertz CT molecular complexity index is 402. The first kappa shape index (κ1) is 12.2. The van der Waals surface area contributed by atoms with Crippen LogP contribution in [-0.4, -0.2) is 18.4 Å². The first-order valence-electron chi connectivity index (χ1n) is 5.13. The van der Waals surface area contributed by atoms with Gasteiger partial charge >= 0.3 is 5.97 Å². The zero-order valence-electron chi connectivity index (χ0n) is 9.40. The van der Waals surface area contributed by atoms with Gasteiger partial charge < -0.3 is 4.74 Å². The lowest BCUT2D eigenvalue weighted by Crippen LogP contribution is -2.05. The molecule has 1 rings (SSSR count). The largest absolute Gasteiger partial charge is 0.462 e. The average molecular weight is 218 g/mol. The average Bonchev–Trinajstić information content (AvgIpc) is 2.30. The number of esters is 1. The molecule has 0 aliphatic rings. The maximum Gasteiger partial charge on any atom is 0.338 e. The summed E-state index contributed by atoms with van der Waals surface area (Å²) >= 11 is 0. The number of carbonyl (C=O) groups is 2. The molecule has 0 aliphatic carbocycles. The van der Waals surface area contributed by atoms with Gasteiger partial charge in [-0.25, -0.2) is 4.79 Å². The number of allylic oxidation sites excluding steroid dienone is 2. The van der Waals surface area contributed by atoms with E-state index in [4.69, 9.17) is 4.74 Å². The van der Waals surface area contributed by atoms with Crippen molar-refractivity contribution in [3.05, 3.63) is 47.5 Å². The molecule has 84 valence electrons. The van der Waals surface area contributed by atoms with Gasteiger partial charge in [-0.15, -0.1) is 0 Å². The molecule has 3 heteroatoms. The number of benzene rings is 1. The zero-order valence-corrected chi connectivity index (χ0v) is 9.40. The van der Waals surface area contributed by atoms with Crippen LogP contribution in [0.25, 0.3) is 0 Å². The molecule has 0 saturated carbocycles. The van der Waals surface area contributed by atoms with E-state index < -0.39 is 0 Å². The Balaban J connectivity index is 2.83. The number of hydrogen-bond donors (Lipinski definition) is 0. The highest BCUT2D eigenvalue weighted by Crippen LogP contribution is 2.07. The number of hydrogen-bond acceptors (Lipinski definition) is 3. The first-order valence-corrected chi connectivity index (χ1v) is 5.13. The van der Waals surface area contributed by atoms with Gasteiger partial charge in [-0.3, -0.25) is 4.79 Å². The number of rotatable bonds is 4. The molecule has 0 N–H and O–H groups in total. The summed E-state index contributed by atoms with van der Waals surface area (Å²) < 4.78 is 4.84. The van der Waals surface area contributed by atoms with Crippen molar-refractivity contribution in [2.75, 3.05) is 6.61 Å². The summed E-state index contributed by atoms with van der Waals surface area (Å²) in [4.78, 5) is 22.8. The van der Waals surface area contributed by atoms with E-state index in [1.54, 1.807) is 44.2 Å². The molecule has 1 aromatic carbocycles. The molecule has 0 radical (unpaired) electrons. The molecule has 0 atom stereocenters. The highest BCUT2D eigenvalue weighted by Gasteiger charge is 2.07. The van der Waals surface area contributed by atoms with Crippen LogP contribution in [-0.2, 0) is 4.74 Å². The highest BCUT2D eigenvalue weighted by atomic mass is 16.5. The van der Waals surface area contributed by atoms with Crippen LogP contribution in [0.3, 0.4) is 0 Å². The molecular weight excluding hydrogens is 204 g/mol.